The highest BCUT2D eigenvalue weighted by molar-refractivity contribution is 6.32. The quantitative estimate of drug-likeness (QED) is 0.332. The van der Waals surface area contributed by atoms with Gasteiger partial charge >= 0.3 is 0 Å². The summed E-state index contributed by atoms with van der Waals surface area (Å²) in [6, 6.07) is 8.20. The number of fused-ring (bicyclic) bond motifs is 1. The van der Waals surface area contributed by atoms with Crippen molar-refractivity contribution in [3.05, 3.63) is 58.5 Å². The zero-order chi connectivity index (χ0) is 24.5. The summed E-state index contributed by atoms with van der Waals surface area (Å²) in [6.45, 7) is 2.78. The van der Waals surface area contributed by atoms with Gasteiger partial charge in [0.25, 0.3) is 5.91 Å². The molecule has 2 aromatic heterocycles. The van der Waals surface area contributed by atoms with Crippen molar-refractivity contribution < 1.29 is 14.1 Å². The molecule has 35 heavy (non-hydrogen) atoms. The Bertz CT molecular complexity index is 1350. The van der Waals surface area contributed by atoms with E-state index in [1.165, 1.54) is 0 Å². The molecule has 180 valence electrons. The molecule has 0 bridgehead atoms. The number of aryl methyl sites for hydroxylation is 1. The SMILES string of the molecule is COc1c(Cl)cccc1Nc1c(-c2cc[n+](C)cc2C#C[C@H]2CC[C@@H](C)N2)[nH]c2c1C(=O)NCC2. The van der Waals surface area contributed by atoms with Gasteiger partial charge in [0.15, 0.2) is 18.1 Å². The highest BCUT2D eigenvalue weighted by atomic mass is 35.5. The number of carbonyl (C=O) groups is 1. The molecular formula is C27H29ClN5O2+. The minimum Gasteiger partial charge on any atom is -0.493 e. The van der Waals surface area contributed by atoms with Crippen molar-refractivity contribution in [2.24, 2.45) is 7.05 Å². The van der Waals surface area contributed by atoms with Gasteiger partial charge in [0.05, 0.1) is 46.4 Å². The fourth-order valence-corrected chi connectivity index (χ4v) is 5.03. The summed E-state index contributed by atoms with van der Waals surface area (Å²) in [5.74, 6) is 7.21. The number of pyridine rings is 1. The number of amides is 1. The second kappa shape index (κ2) is 9.65. The van der Waals surface area contributed by atoms with Gasteiger partial charge in [0.2, 0.25) is 0 Å². The van der Waals surface area contributed by atoms with E-state index < -0.39 is 0 Å². The first-order valence-electron chi connectivity index (χ1n) is 11.8. The van der Waals surface area contributed by atoms with Crippen molar-refractivity contribution in [1.29, 1.82) is 0 Å². The van der Waals surface area contributed by atoms with Crippen LogP contribution in [0.15, 0.2) is 36.7 Å². The van der Waals surface area contributed by atoms with Crippen LogP contribution in [0.3, 0.4) is 0 Å². The van der Waals surface area contributed by atoms with Gasteiger partial charge in [-0.25, -0.2) is 4.57 Å². The molecule has 0 radical (unpaired) electrons. The topological polar surface area (TPSA) is 82.1 Å². The van der Waals surface area contributed by atoms with Gasteiger partial charge in [0.1, 0.15) is 7.05 Å². The molecule has 5 rings (SSSR count). The zero-order valence-corrected chi connectivity index (χ0v) is 20.8. The van der Waals surface area contributed by atoms with Gasteiger partial charge < -0.3 is 25.7 Å². The van der Waals surface area contributed by atoms with Crippen LogP contribution >= 0.6 is 11.6 Å². The third-order valence-electron chi connectivity index (χ3n) is 6.52. The fourth-order valence-electron chi connectivity index (χ4n) is 4.78. The van der Waals surface area contributed by atoms with Crippen LogP contribution < -0.4 is 25.3 Å². The van der Waals surface area contributed by atoms with E-state index in [-0.39, 0.29) is 11.9 Å². The maximum atomic E-state index is 13.0. The number of hydrogen-bond donors (Lipinski definition) is 4. The monoisotopic (exact) mass is 490 g/mol. The van der Waals surface area contributed by atoms with Crippen LogP contribution in [0.25, 0.3) is 11.3 Å². The number of nitrogens with one attached hydrogen (secondary N) is 4. The molecule has 2 atom stereocenters. The van der Waals surface area contributed by atoms with Gasteiger partial charge in [-0.05, 0) is 31.9 Å². The number of rotatable bonds is 4. The number of methoxy groups -OCH3 is 1. The highest BCUT2D eigenvalue weighted by Crippen LogP contribution is 2.41. The molecule has 4 heterocycles. The van der Waals surface area contributed by atoms with Crippen molar-refractivity contribution in [1.82, 2.24) is 15.6 Å². The number of benzene rings is 1. The smallest absolute Gasteiger partial charge is 0.255 e. The van der Waals surface area contributed by atoms with Gasteiger partial charge in [-0.3, -0.25) is 4.79 Å². The number of aromatic amines is 1. The predicted molar refractivity (Wildman–Crippen MR) is 137 cm³/mol. The van der Waals surface area contributed by atoms with Crippen LogP contribution in [0.1, 0.15) is 41.4 Å². The number of anilines is 2. The lowest BCUT2D eigenvalue weighted by Crippen LogP contribution is -2.31. The zero-order valence-electron chi connectivity index (χ0n) is 20.1. The molecule has 1 fully saturated rings. The molecule has 4 N–H and O–H groups in total. The van der Waals surface area contributed by atoms with Gasteiger partial charge in [-0.2, -0.15) is 0 Å². The first-order valence-corrected chi connectivity index (χ1v) is 12.2. The van der Waals surface area contributed by atoms with E-state index in [4.69, 9.17) is 16.3 Å². The first-order chi connectivity index (χ1) is 16.9. The molecule has 1 saturated heterocycles. The Morgan fingerprint density at radius 2 is 2.11 bits per heavy atom. The molecule has 2 aliphatic heterocycles. The number of carbonyl (C=O) groups excluding carboxylic acids is 1. The normalized spacial score (nSPS) is 18.9. The Morgan fingerprint density at radius 3 is 2.89 bits per heavy atom. The van der Waals surface area contributed by atoms with Crippen molar-refractivity contribution >= 4 is 28.9 Å². The van der Waals surface area contributed by atoms with Crippen LogP contribution in [0, 0.1) is 11.8 Å². The Morgan fingerprint density at radius 1 is 1.26 bits per heavy atom. The molecule has 0 saturated carbocycles. The summed E-state index contributed by atoms with van der Waals surface area (Å²) < 4.78 is 7.53. The van der Waals surface area contributed by atoms with Crippen LogP contribution in [0.2, 0.25) is 5.02 Å². The maximum absolute atomic E-state index is 13.0. The molecule has 1 aromatic carbocycles. The molecule has 0 unspecified atom stereocenters. The Hall–Kier alpha value is -3.47. The van der Waals surface area contributed by atoms with E-state index in [1.807, 2.05) is 42.2 Å². The minimum absolute atomic E-state index is 0.115. The van der Waals surface area contributed by atoms with E-state index in [0.717, 1.165) is 35.4 Å². The Labute approximate surface area is 210 Å². The van der Waals surface area contributed by atoms with Gasteiger partial charge in [-0.15, -0.1) is 0 Å². The number of ether oxygens (including phenoxy) is 1. The summed E-state index contributed by atoms with van der Waals surface area (Å²) in [7, 11) is 3.56. The number of aromatic nitrogens is 2. The molecule has 0 aliphatic carbocycles. The van der Waals surface area contributed by atoms with E-state index >= 15 is 0 Å². The number of nitrogens with zero attached hydrogens (tertiary/aromatic N) is 1. The summed E-state index contributed by atoms with van der Waals surface area (Å²) in [5.41, 5.74) is 5.48. The first kappa shape index (κ1) is 23.3. The Balaban J connectivity index is 1.64. The van der Waals surface area contributed by atoms with E-state index in [9.17, 15) is 4.79 Å². The third-order valence-corrected chi connectivity index (χ3v) is 6.82. The minimum atomic E-state index is -0.115. The van der Waals surface area contributed by atoms with Gasteiger partial charge in [0, 0.05) is 36.3 Å². The molecule has 7 nitrogen and oxygen atoms in total. The van der Waals surface area contributed by atoms with Crippen molar-refractivity contribution in [2.75, 3.05) is 19.0 Å². The molecule has 2 aliphatic rings. The predicted octanol–water partition coefficient (Wildman–Crippen LogP) is 3.69. The maximum Gasteiger partial charge on any atom is 0.255 e. The number of hydrogen-bond acceptors (Lipinski definition) is 4. The van der Waals surface area contributed by atoms with Crippen LogP contribution in [0.5, 0.6) is 5.75 Å². The largest absolute Gasteiger partial charge is 0.493 e. The van der Waals surface area contributed by atoms with Gasteiger partial charge in [-0.1, -0.05) is 29.5 Å². The van der Waals surface area contributed by atoms with Crippen LogP contribution in [0.4, 0.5) is 11.4 Å². The molecule has 0 spiro atoms. The lowest BCUT2D eigenvalue weighted by molar-refractivity contribution is -0.671. The number of para-hydroxylation sites is 1. The summed E-state index contributed by atoms with van der Waals surface area (Å²) >= 11 is 6.38. The Kier molecular flexibility index (Phi) is 6.42. The van der Waals surface area contributed by atoms with Crippen LogP contribution in [-0.2, 0) is 13.5 Å². The molecule has 1 amide bonds. The standard InChI is InChI=1S/C27H28ClN5O2/c1-16-7-9-18(30-16)10-8-17-15-33(2)14-12-19(17)24-25(23-21(31-24)11-13-29-27(23)34)32-22-6-4-5-20(28)26(22)35-3/h4-6,12,14-16,18,30H,7,9,11,13H2,1-3H3,(H2,29,31,32,34)/p+1/t16-,18-/m1/s1. The van der Waals surface area contributed by atoms with Crippen molar-refractivity contribution in [2.45, 2.75) is 38.3 Å². The summed E-state index contributed by atoms with van der Waals surface area (Å²) in [4.78, 5) is 16.5. The van der Waals surface area contributed by atoms with E-state index in [0.29, 0.717) is 46.7 Å². The summed E-state index contributed by atoms with van der Waals surface area (Å²) in [5, 5.41) is 10.4. The average Bonchev–Trinajstić information content (AvgIpc) is 3.42. The fraction of sp³-hybridized carbons (Fsp3) is 0.333. The molecular weight excluding hydrogens is 462 g/mol. The van der Waals surface area contributed by atoms with Crippen molar-refractivity contribution in [3.8, 4) is 28.8 Å². The molecule has 8 heteroatoms. The third kappa shape index (κ3) is 4.60. The lowest BCUT2D eigenvalue weighted by atomic mass is 10.0. The van der Waals surface area contributed by atoms with E-state index in [1.54, 1.807) is 13.2 Å². The number of halogens is 1. The van der Waals surface area contributed by atoms with Crippen LogP contribution in [-0.4, -0.2) is 36.6 Å². The number of H-pyrrole nitrogens is 1. The average molecular weight is 491 g/mol. The van der Waals surface area contributed by atoms with E-state index in [2.05, 4.69) is 39.7 Å². The molecule has 3 aromatic rings. The second-order valence-corrected chi connectivity index (χ2v) is 9.49. The lowest BCUT2D eigenvalue weighted by Gasteiger charge is -2.17. The summed E-state index contributed by atoms with van der Waals surface area (Å²) in [6.07, 6.45) is 6.89. The second-order valence-electron chi connectivity index (χ2n) is 9.08. The highest BCUT2D eigenvalue weighted by Gasteiger charge is 2.29. The van der Waals surface area contributed by atoms with Crippen molar-refractivity contribution in [3.63, 3.8) is 0 Å².